The van der Waals surface area contributed by atoms with E-state index in [1.807, 2.05) is 30.3 Å². The zero-order valence-corrected chi connectivity index (χ0v) is 20.6. The number of rotatable bonds is 8. The second-order valence-electron chi connectivity index (χ2n) is 8.84. The Kier molecular flexibility index (Phi) is 8.79. The quantitative estimate of drug-likeness (QED) is 0.395. The van der Waals surface area contributed by atoms with Crippen molar-refractivity contribution in [3.63, 3.8) is 0 Å². The van der Waals surface area contributed by atoms with E-state index in [1.165, 1.54) is 0 Å². The van der Waals surface area contributed by atoms with Gasteiger partial charge in [0.1, 0.15) is 12.8 Å². The molecule has 37 heavy (non-hydrogen) atoms. The Bertz CT molecular complexity index is 1100. The van der Waals surface area contributed by atoms with Crippen molar-refractivity contribution >= 4 is 29.6 Å². The molecule has 0 aliphatic carbocycles. The third-order valence-electron chi connectivity index (χ3n) is 6.14. The molecule has 2 amide bonds. The van der Waals surface area contributed by atoms with Gasteiger partial charge in [0.15, 0.2) is 5.96 Å². The first-order chi connectivity index (χ1) is 18.0. The van der Waals surface area contributed by atoms with Crippen LogP contribution < -0.4 is 20.9 Å². The lowest BCUT2D eigenvalue weighted by Gasteiger charge is -2.38. The highest BCUT2D eigenvalue weighted by Gasteiger charge is 2.22. The third kappa shape index (κ3) is 7.60. The first kappa shape index (κ1) is 25.8. The molecule has 11 nitrogen and oxygen atoms in total. The highest BCUT2D eigenvalue weighted by atomic mass is 16.5. The topological polar surface area (TPSA) is 136 Å². The lowest BCUT2D eigenvalue weighted by Crippen LogP contribution is -2.53. The van der Waals surface area contributed by atoms with Crippen LogP contribution in [0.5, 0.6) is 0 Å². The standard InChI is InChI=1S/C26H32N6O5/c33-23(34)17-22(30-26(36)37-18-19-5-2-1-3-6-19)29-24(35)20-7-9-21(10-8-20)31-13-15-32(16-14-31)25-27-11-4-12-28-25/h1-3,5-10,22H,4,11-18H2,(H,27,28)(H,29,35)(H,30,36)(H,33,34). The van der Waals surface area contributed by atoms with Gasteiger partial charge in [0.2, 0.25) is 0 Å². The molecule has 1 unspecified atom stereocenters. The van der Waals surface area contributed by atoms with Crippen LogP contribution in [-0.4, -0.2) is 79.4 Å². The van der Waals surface area contributed by atoms with E-state index in [9.17, 15) is 19.5 Å². The number of hydrogen-bond acceptors (Lipinski definition) is 8. The van der Waals surface area contributed by atoms with Crippen molar-refractivity contribution in [1.82, 2.24) is 20.9 Å². The minimum atomic E-state index is -1.17. The molecule has 11 heteroatoms. The summed E-state index contributed by atoms with van der Waals surface area (Å²) in [5.74, 6) is -0.684. The van der Waals surface area contributed by atoms with Crippen LogP contribution in [-0.2, 0) is 16.1 Å². The summed E-state index contributed by atoms with van der Waals surface area (Å²) in [5, 5.41) is 17.5. The van der Waals surface area contributed by atoms with Gasteiger partial charge in [-0.3, -0.25) is 14.6 Å². The minimum Gasteiger partial charge on any atom is -0.481 e. The number of ether oxygens (including phenoxy) is 1. The first-order valence-electron chi connectivity index (χ1n) is 12.4. The fraction of sp³-hybridized carbons (Fsp3) is 0.385. The summed E-state index contributed by atoms with van der Waals surface area (Å²) in [5.41, 5.74) is 2.15. The van der Waals surface area contributed by atoms with E-state index < -0.39 is 30.6 Å². The highest BCUT2D eigenvalue weighted by Crippen LogP contribution is 2.18. The Morgan fingerprint density at radius 2 is 1.68 bits per heavy atom. The number of carboxylic acid groups (broad SMARTS) is 1. The molecule has 2 aromatic rings. The zero-order valence-electron chi connectivity index (χ0n) is 20.6. The fourth-order valence-corrected chi connectivity index (χ4v) is 4.19. The van der Waals surface area contributed by atoms with Gasteiger partial charge >= 0.3 is 12.1 Å². The molecule has 2 aliphatic heterocycles. The summed E-state index contributed by atoms with van der Waals surface area (Å²) in [6.07, 6.45) is -1.37. The van der Waals surface area contributed by atoms with Crippen molar-refractivity contribution < 1.29 is 24.2 Å². The van der Waals surface area contributed by atoms with Crippen molar-refractivity contribution in [1.29, 1.82) is 0 Å². The Balaban J connectivity index is 1.28. The van der Waals surface area contributed by atoms with Crippen LogP contribution in [0.3, 0.4) is 0 Å². The maximum absolute atomic E-state index is 12.8. The number of alkyl carbamates (subject to hydrolysis) is 1. The minimum absolute atomic E-state index is 0.0285. The molecule has 0 saturated carbocycles. The van der Waals surface area contributed by atoms with Gasteiger partial charge in [0.05, 0.1) is 6.42 Å². The maximum Gasteiger partial charge on any atom is 0.409 e. The fourth-order valence-electron chi connectivity index (χ4n) is 4.19. The molecule has 1 saturated heterocycles. The molecular formula is C26H32N6O5. The Hall–Kier alpha value is -4.28. The number of carboxylic acids is 1. The van der Waals surface area contributed by atoms with Gasteiger partial charge in [0.25, 0.3) is 5.91 Å². The van der Waals surface area contributed by atoms with Crippen molar-refractivity contribution in [2.75, 3.05) is 44.2 Å². The largest absolute Gasteiger partial charge is 0.481 e. The molecule has 2 aromatic carbocycles. The number of amides is 2. The van der Waals surface area contributed by atoms with Crippen molar-refractivity contribution in [2.45, 2.75) is 25.6 Å². The van der Waals surface area contributed by atoms with Crippen LogP contribution in [0.15, 0.2) is 59.6 Å². The Labute approximate surface area is 215 Å². The van der Waals surface area contributed by atoms with Crippen molar-refractivity contribution in [3.05, 3.63) is 65.7 Å². The molecule has 1 fully saturated rings. The SMILES string of the molecule is O=C(O)CC(NC(=O)OCc1ccccc1)NC(=O)c1ccc(N2CCN(C3=NCCCN3)CC2)cc1. The molecule has 4 rings (SSSR count). The number of carbonyl (C=O) groups excluding carboxylic acids is 2. The summed E-state index contributed by atoms with van der Waals surface area (Å²) in [6.45, 7) is 5.24. The number of nitrogens with zero attached hydrogens (tertiary/aromatic N) is 3. The number of hydrogen-bond donors (Lipinski definition) is 4. The van der Waals surface area contributed by atoms with Gasteiger partial charge in [-0.15, -0.1) is 0 Å². The molecule has 1 atom stereocenters. The smallest absolute Gasteiger partial charge is 0.409 e. The Morgan fingerprint density at radius 3 is 2.32 bits per heavy atom. The van der Waals surface area contributed by atoms with Gasteiger partial charge in [0, 0.05) is 50.5 Å². The van der Waals surface area contributed by atoms with Crippen LogP contribution in [0.4, 0.5) is 10.5 Å². The highest BCUT2D eigenvalue weighted by molar-refractivity contribution is 5.95. The zero-order chi connectivity index (χ0) is 26.0. The number of aliphatic carboxylic acids is 1. The molecule has 2 heterocycles. The molecule has 2 aliphatic rings. The summed E-state index contributed by atoms with van der Waals surface area (Å²) in [4.78, 5) is 45.3. The number of aliphatic imine (C=N–C) groups is 1. The van der Waals surface area contributed by atoms with Crippen molar-refractivity contribution in [3.8, 4) is 0 Å². The number of benzene rings is 2. The molecule has 0 spiro atoms. The van der Waals surface area contributed by atoms with Crippen LogP contribution in [0, 0.1) is 0 Å². The van der Waals surface area contributed by atoms with E-state index in [4.69, 9.17) is 4.74 Å². The third-order valence-corrected chi connectivity index (χ3v) is 6.14. The van der Waals surface area contributed by atoms with E-state index >= 15 is 0 Å². The first-order valence-corrected chi connectivity index (χ1v) is 12.4. The Morgan fingerprint density at radius 1 is 0.973 bits per heavy atom. The molecule has 0 bridgehead atoms. The number of carbonyl (C=O) groups is 3. The van der Waals surface area contributed by atoms with Crippen LogP contribution >= 0.6 is 0 Å². The van der Waals surface area contributed by atoms with E-state index in [1.54, 1.807) is 24.3 Å². The predicted molar refractivity (Wildman–Crippen MR) is 138 cm³/mol. The van der Waals surface area contributed by atoms with Gasteiger partial charge < -0.3 is 35.6 Å². The average molecular weight is 509 g/mol. The normalized spacial score (nSPS) is 16.2. The lowest BCUT2D eigenvalue weighted by molar-refractivity contribution is -0.137. The summed E-state index contributed by atoms with van der Waals surface area (Å²) in [7, 11) is 0. The van der Waals surface area contributed by atoms with E-state index in [-0.39, 0.29) is 6.61 Å². The number of anilines is 1. The monoisotopic (exact) mass is 508 g/mol. The molecule has 0 aromatic heterocycles. The number of guanidine groups is 1. The van der Waals surface area contributed by atoms with E-state index in [2.05, 4.69) is 30.7 Å². The van der Waals surface area contributed by atoms with Gasteiger partial charge in [-0.25, -0.2) is 4.79 Å². The van der Waals surface area contributed by atoms with Gasteiger partial charge in [-0.1, -0.05) is 30.3 Å². The van der Waals surface area contributed by atoms with Crippen LogP contribution in [0.25, 0.3) is 0 Å². The number of nitrogens with one attached hydrogen (secondary N) is 3. The molecule has 0 radical (unpaired) electrons. The van der Waals surface area contributed by atoms with E-state index in [0.717, 1.165) is 62.9 Å². The van der Waals surface area contributed by atoms with E-state index in [0.29, 0.717) is 5.56 Å². The maximum atomic E-state index is 12.8. The molecule has 196 valence electrons. The second kappa shape index (κ2) is 12.6. The van der Waals surface area contributed by atoms with Crippen molar-refractivity contribution in [2.24, 2.45) is 4.99 Å². The molecular weight excluding hydrogens is 476 g/mol. The molecule has 4 N–H and O–H groups in total. The van der Waals surface area contributed by atoms with Gasteiger partial charge in [-0.2, -0.15) is 0 Å². The predicted octanol–water partition coefficient (Wildman–Crippen LogP) is 1.61. The summed E-state index contributed by atoms with van der Waals surface area (Å²) >= 11 is 0. The summed E-state index contributed by atoms with van der Waals surface area (Å²) < 4.78 is 5.14. The lowest BCUT2D eigenvalue weighted by atomic mass is 10.1. The van der Waals surface area contributed by atoms with Crippen LogP contribution in [0.2, 0.25) is 0 Å². The van der Waals surface area contributed by atoms with Gasteiger partial charge in [-0.05, 0) is 36.2 Å². The summed E-state index contributed by atoms with van der Waals surface area (Å²) in [6, 6.07) is 16.2. The second-order valence-corrected chi connectivity index (χ2v) is 8.84. The average Bonchev–Trinajstić information content (AvgIpc) is 2.93. The number of piperazine rings is 1. The van der Waals surface area contributed by atoms with Crippen LogP contribution in [0.1, 0.15) is 28.8 Å².